The second kappa shape index (κ2) is 6.92. The highest BCUT2D eigenvalue weighted by atomic mass is 79.9. The molecule has 1 aliphatic carbocycles. The number of aromatic nitrogens is 2. The van der Waals surface area contributed by atoms with E-state index in [9.17, 15) is 4.79 Å². The molecule has 118 valence electrons. The van der Waals surface area contributed by atoms with E-state index in [4.69, 9.17) is 4.74 Å². The van der Waals surface area contributed by atoms with Crippen molar-refractivity contribution in [3.05, 3.63) is 21.0 Å². The Hall–Kier alpha value is -0.880. The first kappa shape index (κ1) is 16.5. The van der Waals surface area contributed by atoms with Gasteiger partial charge in [-0.05, 0) is 47.0 Å². The first-order valence-corrected chi connectivity index (χ1v) is 8.23. The van der Waals surface area contributed by atoms with Crippen molar-refractivity contribution in [2.75, 3.05) is 19.0 Å². The maximum Gasteiger partial charge on any atom is 0.283 e. The maximum absolute atomic E-state index is 12.2. The molecule has 0 radical (unpaired) electrons. The second-order valence-corrected chi connectivity index (χ2v) is 7.27. The van der Waals surface area contributed by atoms with Gasteiger partial charge in [0.1, 0.15) is 4.47 Å². The number of halogens is 1. The molecule has 1 N–H and O–H groups in total. The van der Waals surface area contributed by atoms with Crippen molar-refractivity contribution < 1.29 is 4.74 Å². The van der Waals surface area contributed by atoms with Crippen LogP contribution in [0.15, 0.2) is 15.5 Å². The molecule has 5 nitrogen and oxygen atoms in total. The third-order valence-electron chi connectivity index (χ3n) is 4.19. The number of nitrogens with zero attached hydrogens (tertiary/aromatic N) is 2. The van der Waals surface area contributed by atoms with E-state index in [0.717, 1.165) is 18.5 Å². The summed E-state index contributed by atoms with van der Waals surface area (Å²) in [7, 11) is 1.61. The van der Waals surface area contributed by atoms with Crippen LogP contribution in [0.2, 0.25) is 0 Å². The fourth-order valence-corrected chi connectivity index (χ4v) is 3.09. The number of hydrogen-bond acceptors (Lipinski definition) is 4. The molecule has 6 heteroatoms. The zero-order valence-electron chi connectivity index (χ0n) is 13.0. The van der Waals surface area contributed by atoms with E-state index in [2.05, 4.69) is 40.2 Å². The van der Waals surface area contributed by atoms with Crippen LogP contribution >= 0.6 is 15.9 Å². The van der Waals surface area contributed by atoms with Gasteiger partial charge in [-0.3, -0.25) is 4.79 Å². The Balaban J connectivity index is 2.04. The lowest BCUT2D eigenvalue weighted by atomic mass is 9.75. The van der Waals surface area contributed by atoms with E-state index in [-0.39, 0.29) is 5.56 Å². The van der Waals surface area contributed by atoms with E-state index in [1.54, 1.807) is 13.3 Å². The Labute approximate surface area is 134 Å². The van der Waals surface area contributed by atoms with Crippen molar-refractivity contribution in [1.82, 2.24) is 9.78 Å². The molecular formula is C15H24BrN3O2. The van der Waals surface area contributed by atoms with Crippen molar-refractivity contribution in [3.63, 3.8) is 0 Å². The van der Waals surface area contributed by atoms with Crippen molar-refractivity contribution in [3.8, 4) is 0 Å². The number of anilines is 1. The Morgan fingerprint density at radius 3 is 2.76 bits per heavy atom. The monoisotopic (exact) mass is 357 g/mol. The van der Waals surface area contributed by atoms with Crippen LogP contribution < -0.4 is 10.9 Å². The lowest BCUT2D eigenvalue weighted by molar-refractivity contribution is 0.181. The molecule has 0 aromatic carbocycles. The molecule has 0 aliphatic heterocycles. The SMILES string of the molecule is COCCn1ncc(NC2CCC(C)(C)CC2)c(Br)c1=O. The minimum Gasteiger partial charge on any atom is -0.383 e. The van der Waals surface area contributed by atoms with Gasteiger partial charge in [0.05, 0.1) is 25.0 Å². The molecule has 1 fully saturated rings. The number of nitrogens with one attached hydrogen (secondary N) is 1. The molecule has 2 rings (SSSR count). The van der Waals surface area contributed by atoms with Gasteiger partial charge in [0, 0.05) is 13.2 Å². The molecule has 21 heavy (non-hydrogen) atoms. The molecular weight excluding hydrogens is 334 g/mol. The number of ether oxygens (including phenoxy) is 1. The Kier molecular flexibility index (Phi) is 5.43. The third-order valence-corrected chi connectivity index (χ3v) is 4.96. The maximum atomic E-state index is 12.2. The summed E-state index contributed by atoms with van der Waals surface area (Å²) in [6.45, 7) is 5.57. The van der Waals surface area contributed by atoms with E-state index < -0.39 is 0 Å². The van der Waals surface area contributed by atoms with E-state index in [1.165, 1.54) is 17.5 Å². The van der Waals surface area contributed by atoms with Crippen LogP contribution in [-0.4, -0.2) is 29.5 Å². The van der Waals surface area contributed by atoms with E-state index >= 15 is 0 Å². The molecule has 0 amide bonds. The van der Waals surface area contributed by atoms with Gasteiger partial charge in [-0.15, -0.1) is 0 Å². The molecule has 1 aliphatic rings. The summed E-state index contributed by atoms with van der Waals surface area (Å²) in [5.74, 6) is 0. The Morgan fingerprint density at radius 2 is 2.14 bits per heavy atom. The molecule has 0 atom stereocenters. The smallest absolute Gasteiger partial charge is 0.283 e. The third kappa shape index (κ3) is 4.30. The van der Waals surface area contributed by atoms with Gasteiger partial charge in [-0.25, -0.2) is 4.68 Å². The zero-order chi connectivity index (χ0) is 15.5. The summed E-state index contributed by atoms with van der Waals surface area (Å²) in [6, 6.07) is 0.422. The molecule has 0 saturated heterocycles. The highest BCUT2D eigenvalue weighted by Crippen LogP contribution is 2.36. The first-order chi connectivity index (χ1) is 9.93. The van der Waals surface area contributed by atoms with Crippen LogP contribution in [0.25, 0.3) is 0 Å². The summed E-state index contributed by atoms with van der Waals surface area (Å²) in [6.07, 6.45) is 6.40. The fourth-order valence-electron chi connectivity index (χ4n) is 2.67. The summed E-state index contributed by atoms with van der Waals surface area (Å²) in [4.78, 5) is 12.2. The lowest BCUT2D eigenvalue weighted by Crippen LogP contribution is -2.32. The van der Waals surface area contributed by atoms with Crippen LogP contribution in [0.1, 0.15) is 39.5 Å². The average molecular weight is 358 g/mol. The molecule has 1 aromatic heterocycles. The van der Waals surface area contributed by atoms with Gasteiger partial charge in [0.2, 0.25) is 0 Å². The average Bonchev–Trinajstić information content (AvgIpc) is 2.45. The van der Waals surface area contributed by atoms with Gasteiger partial charge in [-0.2, -0.15) is 5.10 Å². The van der Waals surface area contributed by atoms with E-state index in [1.807, 2.05) is 0 Å². The number of hydrogen-bond donors (Lipinski definition) is 1. The largest absolute Gasteiger partial charge is 0.383 e. The van der Waals surface area contributed by atoms with Crippen molar-refractivity contribution in [2.45, 2.75) is 52.1 Å². The highest BCUT2D eigenvalue weighted by Gasteiger charge is 2.27. The van der Waals surface area contributed by atoms with Gasteiger partial charge < -0.3 is 10.1 Å². The van der Waals surface area contributed by atoms with Crippen LogP contribution in [-0.2, 0) is 11.3 Å². The van der Waals surface area contributed by atoms with Crippen LogP contribution in [0, 0.1) is 5.41 Å². The fraction of sp³-hybridized carbons (Fsp3) is 0.733. The van der Waals surface area contributed by atoms with Gasteiger partial charge in [0.25, 0.3) is 5.56 Å². The number of methoxy groups -OCH3 is 1. The number of rotatable bonds is 5. The molecule has 1 saturated carbocycles. The second-order valence-electron chi connectivity index (χ2n) is 6.48. The molecule has 0 spiro atoms. The minimum absolute atomic E-state index is 0.117. The lowest BCUT2D eigenvalue weighted by Gasteiger charge is -2.35. The quantitative estimate of drug-likeness (QED) is 0.879. The van der Waals surface area contributed by atoms with Crippen LogP contribution in [0.5, 0.6) is 0 Å². The molecule has 0 bridgehead atoms. The minimum atomic E-state index is -0.117. The van der Waals surface area contributed by atoms with Gasteiger partial charge >= 0.3 is 0 Å². The first-order valence-electron chi connectivity index (χ1n) is 7.44. The highest BCUT2D eigenvalue weighted by molar-refractivity contribution is 9.10. The Morgan fingerprint density at radius 1 is 1.48 bits per heavy atom. The normalized spacial score (nSPS) is 18.7. The summed E-state index contributed by atoms with van der Waals surface area (Å²) in [5.41, 5.74) is 1.11. The molecule has 0 unspecified atom stereocenters. The predicted molar refractivity (Wildman–Crippen MR) is 87.7 cm³/mol. The Bertz CT molecular complexity index is 532. The summed E-state index contributed by atoms with van der Waals surface area (Å²) >= 11 is 3.40. The topological polar surface area (TPSA) is 56.1 Å². The van der Waals surface area contributed by atoms with Gasteiger partial charge in [-0.1, -0.05) is 13.8 Å². The predicted octanol–water partition coefficient (Wildman–Crippen LogP) is 3.03. The van der Waals surface area contributed by atoms with Crippen molar-refractivity contribution in [2.24, 2.45) is 5.41 Å². The molecule has 1 heterocycles. The molecule has 1 aromatic rings. The summed E-state index contributed by atoms with van der Waals surface area (Å²) < 4.78 is 6.95. The zero-order valence-corrected chi connectivity index (χ0v) is 14.6. The van der Waals surface area contributed by atoms with Crippen LogP contribution in [0.4, 0.5) is 5.69 Å². The van der Waals surface area contributed by atoms with Crippen LogP contribution in [0.3, 0.4) is 0 Å². The summed E-state index contributed by atoms with van der Waals surface area (Å²) in [5, 5.41) is 7.66. The van der Waals surface area contributed by atoms with Crippen molar-refractivity contribution in [1.29, 1.82) is 0 Å². The van der Waals surface area contributed by atoms with Crippen molar-refractivity contribution >= 4 is 21.6 Å². The van der Waals surface area contributed by atoms with Gasteiger partial charge in [0.15, 0.2) is 0 Å². The standard InChI is InChI=1S/C15H24BrN3O2/c1-15(2)6-4-11(5-7-15)18-12-10-17-19(8-9-21-3)14(20)13(12)16/h10-11,18H,4-9H2,1-3H3. The van der Waals surface area contributed by atoms with E-state index in [0.29, 0.717) is 29.1 Å².